The number of aromatic amines is 1. The number of nitrogens with one attached hydrogen (secondary N) is 1. The number of nitrogen functional groups attached to an aromatic ring is 1. The molecule has 0 radical (unpaired) electrons. The SMILES string of the molecule is Cc1ccc(N)[nH+]c1. The van der Waals surface area contributed by atoms with Crippen LogP contribution >= 0.6 is 0 Å². The lowest BCUT2D eigenvalue weighted by Gasteiger charge is -1.84. The molecule has 0 bridgehead atoms. The molecule has 0 aliphatic carbocycles. The number of nitrogens with two attached hydrogens (primary N) is 1. The summed E-state index contributed by atoms with van der Waals surface area (Å²) in [5.74, 6) is 0.704. The lowest BCUT2D eigenvalue weighted by Crippen LogP contribution is -2.08. The predicted octanol–water partition coefficient (Wildman–Crippen LogP) is 0.391. The van der Waals surface area contributed by atoms with Gasteiger partial charge in [0.25, 0.3) is 5.82 Å². The van der Waals surface area contributed by atoms with E-state index >= 15 is 0 Å². The minimum atomic E-state index is 0.704. The zero-order valence-corrected chi connectivity index (χ0v) is 4.81. The van der Waals surface area contributed by atoms with E-state index < -0.39 is 0 Å². The number of pyridine rings is 1. The molecule has 0 saturated heterocycles. The van der Waals surface area contributed by atoms with Gasteiger partial charge in [0, 0.05) is 6.07 Å². The largest absolute Gasteiger partial charge is 0.287 e. The van der Waals surface area contributed by atoms with Crippen molar-refractivity contribution < 1.29 is 4.98 Å². The van der Waals surface area contributed by atoms with Crippen LogP contribution in [0.25, 0.3) is 0 Å². The summed E-state index contributed by atoms with van der Waals surface area (Å²) in [7, 11) is 0. The summed E-state index contributed by atoms with van der Waals surface area (Å²) in [4.78, 5) is 2.88. The Hall–Kier alpha value is -1.05. The number of aryl methyl sites for hydroxylation is 1. The molecule has 1 aromatic heterocycles. The van der Waals surface area contributed by atoms with Crippen LogP contribution in [0.1, 0.15) is 5.56 Å². The Bertz CT molecular complexity index is 145. The van der Waals surface area contributed by atoms with Crippen LogP contribution in [0.3, 0.4) is 0 Å². The maximum absolute atomic E-state index is 5.37. The fraction of sp³-hybridized carbons (Fsp3) is 0.167. The zero-order chi connectivity index (χ0) is 5.98. The second-order valence-electron chi connectivity index (χ2n) is 1.82. The molecular formula is C6H9N2+. The van der Waals surface area contributed by atoms with Gasteiger partial charge in [0.2, 0.25) is 0 Å². The molecule has 0 atom stereocenters. The van der Waals surface area contributed by atoms with Crippen LogP contribution in [0.2, 0.25) is 0 Å². The summed E-state index contributed by atoms with van der Waals surface area (Å²) in [5, 5.41) is 0. The van der Waals surface area contributed by atoms with E-state index in [1.54, 1.807) is 0 Å². The average Bonchev–Trinajstić information content (AvgIpc) is 1.77. The van der Waals surface area contributed by atoms with Gasteiger partial charge < -0.3 is 0 Å². The molecule has 0 aromatic carbocycles. The summed E-state index contributed by atoms with van der Waals surface area (Å²) in [5.41, 5.74) is 6.56. The Kier molecular flexibility index (Phi) is 1.16. The number of hydrogen-bond donors (Lipinski definition) is 1. The van der Waals surface area contributed by atoms with Crippen molar-refractivity contribution in [3.05, 3.63) is 23.9 Å². The van der Waals surface area contributed by atoms with Gasteiger partial charge >= 0.3 is 0 Å². The third-order valence-corrected chi connectivity index (χ3v) is 0.992. The molecule has 0 aliphatic heterocycles. The predicted molar refractivity (Wildman–Crippen MR) is 32.1 cm³/mol. The van der Waals surface area contributed by atoms with Crippen LogP contribution < -0.4 is 10.7 Å². The Morgan fingerprint density at radius 1 is 1.50 bits per heavy atom. The highest BCUT2D eigenvalue weighted by Gasteiger charge is 1.87. The van der Waals surface area contributed by atoms with Gasteiger partial charge in [-0.05, 0) is 18.6 Å². The highest BCUT2D eigenvalue weighted by atomic mass is 14.8. The van der Waals surface area contributed by atoms with Gasteiger partial charge in [-0.2, -0.15) is 0 Å². The minimum absolute atomic E-state index is 0.704. The Morgan fingerprint density at radius 3 is 2.62 bits per heavy atom. The van der Waals surface area contributed by atoms with Gasteiger partial charge in [0.15, 0.2) is 0 Å². The van der Waals surface area contributed by atoms with Crippen LogP contribution in [0.5, 0.6) is 0 Å². The monoisotopic (exact) mass is 109 g/mol. The van der Waals surface area contributed by atoms with E-state index in [1.165, 1.54) is 5.56 Å². The van der Waals surface area contributed by atoms with Crippen molar-refractivity contribution in [1.82, 2.24) is 0 Å². The number of aromatic nitrogens is 1. The third-order valence-electron chi connectivity index (χ3n) is 0.992. The van der Waals surface area contributed by atoms with Crippen molar-refractivity contribution in [3.8, 4) is 0 Å². The molecule has 8 heavy (non-hydrogen) atoms. The Morgan fingerprint density at radius 2 is 2.25 bits per heavy atom. The molecule has 1 heterocycles. The van der Waals surface area contributed by atoms with Crippen LogP contribution in [0.4, 0.5) is 5.82 Å². The molecule has 2 nitrogen and oxygen atoms in total. The van der Waals surface area contributed by atoms with Gasteiger partial charge in [-0.1, -0.05) is 0 Å². The lowest BCUT2D eigenvalue weighted by molar-refractivity contribution is -0.360. The maximum Gasteiger partial charge on any atom is 0.270 e. The third kappa shape index (κ3) is 0.964. The first-order valence-corrected chi connectivity index (χ1v) is 2.53. The van der Waals surface area contributed by atoms with Crippen molar-refractivity contribution >= 4 is 5.82 Å². The van der Waals surface area contributed by atoms with Crippen molar-refractivity contribution in [2.24, 2.45) is 0 Å². The second-order valence-corrected chi connectivity index (χ2v) is 1.82. The van der Waals surface area contributed by atoms with Crippen LogP contribution in [0.15, 0.2) is 18.3 Å². The lowest BCUT2D eigenvalue weighted by atomic mass is 10.3. The Labute approximate surface area is 48.4 Å². The van der Waals surface area contributed by atoms with Gasteiger partial charge in [-0.15, -0.1) is 0 Å². The fourth-order valence-electron chi connectivity index (χ4n) is 0.515. The first-order chi connectivity index (χ1) is 3.79. The molecular weight excluding hydrogens is 100 g/mol. The van der Waals surface area contributed by atoms with Crippen LogP contribution in [0, 0.1) is 6.92 Å². The van der Waals surface area contributed by atoms with E-state index in [1.807, 2.05) is 25.3 Å². The number of H-pyrrole nitrogens is 1. The Balaban J connectivity index is 3.03. The molecule has 0 spiro atoms. The van der Waals surface area contributed by atoms with Gasteiger partial charge in [0.1, 0.15) is 0 Å². The van der Waals surface area contributed by atoms with Crippen LogP contribution in [-0.4, -0.2) is 0 Å². The van der Waals surface area contributed by atoms with E-state index in [-0.39, 0.29) is 0 Å². The molecule has 0 unspecified atom stereocenters. The van der Waals surface area contributed by atoms with Crippen molar-refractivity contribution in [2.75, 3.05) is 5.73 Å². The summed E-state index contributed by atoms with van der Waals surface area (Å²) >= 11 is 0. The number of anilines is 1. The molecule has 2 heteroatoms. The summed E-state index contributed by atoms with van der Waals surface area (Å²) in [6, 6.07) is 3.81. The molecule has 3 N–H and O–H groups in total. The van der Waals surface area contributed by atoms with Crippen LogP contribution in [-0.2, 0) is 0 Å². The number of hydrogen-bond acceptors (Lipinski definition) is 1. The zero-order valence-electron chi connectivity index (χ0n) is 4.81. The molecule has 0 saturated carbocycles. The summed E-state index contributed by atoms with van der Waals surface area (Å²) in [6.45, 7) is 2.01. The molecule has 1 rings (SSSR count). The highest BCUT2D eigenvalue weighted by Crippen LogP contribution is 1.92. The fourth-order valence-corrected chi connectivity index (χ4v) is 0.515. The summed E-state index contributed by atoms with van der Waals surface area (Å²) < 4.78 is 0. The smallest absolute Gasteiger partial charge is 0.270 e. The average molecular weight is 109 g/mol. The normalized spacial score (nSPS) is 9.12. The maximum atomic E-state index is 5.37. The van der Waals surface area contributed by atoms with Crippen molar-refractivity contribution in [2.45, 2.75) is 6.92 Å². The van der Waals surface area contributed by atoms with E-state index in [2.05, 4.69) is 4.98 Å². The molecule has 1 aromatic rings. The topological polar surface area (TPSA) is 40.2 Å². The molecule has 0 amide bonds. The van der Waals surface area contributed by atoms with E-state index in [0.29, 0.717) is 5.82 Å². The first-order valence-electron chi connectivity index (χ1n) is 2.53. The van der Waals surface area contributed by atoms with Crippen molar-refractivity contribution in [1.29, 1.82) is 0 Å². The van der Waals surface area contributed by atoms with E-state index in [4.69, 9.17) is 5.73 Å². The van der Waals surface area contributed by atoms with E-state index in [0.717, 1.165) is 0 Å². The molecule has 42 valence electrons. The second kappa shape index (κ2) is 1.82. The van der Waals surface area contributed by atoms with Gasteiger partial charge in [0.05, 0.1) is 6.20 Å². The molecule has 0 fully saturated rings. The summed E-state index contributed by atoms with van der Waals surface area (Å²) in [6.07, 6.45) is 1.87. The van der Waals surface area contributed by atoms with Crippen molar-refractivity contribution in [3.63, 3.8) is 0 Å². The van der Waals surface area contributed by atoms with Gasteiger partial charge in [-0.3, -0.25) is 5.73 Å². The first kappa shape index (κ1) is 5.09. The highest BCUT2D eigenvalue weighted by molar-refractivity contribution is 5.21. The quantitative estimate of drug-likeness (QED) is 0.514. The standard InChI is InChI=1S/C6H8N2/c1-5-2-3-6(7)8-4-5/h2-4H,1H3,(H2,7,8)/p+1. The minimum Gasteiger partial charge on any atom is -0.287 e. The van der Waals surface area contributed by atoms with Gasteiger partial charge in [-0.25, -0.2) is 4.98 Å². The van der Waals surface area contributed by atoms with E-state index in [9.17, 15) is 0 Å². The molecule has 0 aliphatic rings. The number of rotatable bonds is 0.